The smallest absolute Gasteiger partial charge is 0.294 e. The molecule has 0 bridgehead atoms. The lowest BCUT2D eigenvalue weighted by molar-refractivity contribution is -0.384. The fraction of sp³-hybridized carbons (Fsp3) is 0.333. The molecule has 0 aliphatic heterocycles. The zero-order valence-corrected chi connectivity index (χ0v) is 16.9. The molecule has 28 heavy (non-hydrogen) atoms. The molecular weight excluding hydrogens is 386 g/mol. The number of ether oxygens (including phenoxy) is 2. The summed E-state index contributed by atoms with van der Waals surface area (Å²) >= 11 is 0. The average Bonchev–Trinajstić information content (AvgIpc) is 2.68. The lowest BCUT2D eigenvalue weighted by atomic mass is 10.2. The maximum Gasteiger partial charge on any atom is 0.294 e. The molecule has 0 aliphatic carbocycles. The van der Waals surface area contributed by atoms with E-state index in [0.29, 0.717) is 17.2 Å². The van der Waals surface area contributed by atoms with Crippen LogP contribution in [0.3, 0.4) is 0 Å². The number of nitrogens with zero attached hydrogens (tertiary/aromatic N) is 2. The highest BCUT2D eigenvalue weighted by atomic mass is 32.2. The van der Waals surface area contributed by atoms with Gasteiger partial charge in [0.25, 0.3) is 5.69 Å². The SMILES string of the molecule is CCN(CC)S(=O)(=O)c1ccc(Nc2cc(OC)cc(OC)c2)c([N+](=O)[O-])c1. The van der Waals surface area contributed by atoms with Crippen molar-refractivity contribution < 1.29 is 22.8 Å². The summed E-state index contributed by atoms with van der Waals surface area (Å²) in [6.45, 7) is 3.97. The Morgan fingerprint density at radius 1 is 1.04 bits per heavy atom. The van der Waals surface area contributed by atoms with Crippen molar-refractivity contribution in [3.63, 3.8) is 0 Å². The number of hydrogen-bond donors (Lipinski definition) is 1. The first kappa shape index (κ1) is 21.5. The van der Waals surface area contributed by atoms with Gasteiger partial charge >= 0.3 is 0 Å². The van der Waals surface area contributed by atoms with Gasteiger partial charge in [-0.3, -0.25) is 10.1 Å². The van der Waals surface area contributed by atoms with Crippen molar-refractivity contribution in [2.75, 3.05) is 32.6 Å². The van der Waals surface area contributed by atoms with Crippen molar-refractivity contribution in [1.82, 2.24) is 4.31 Å². The maximum atomic E-state index is 12.7. The minimum absolute atomic E-state index is 0.128. The highest BCUT2D eigenvalue weighted by molar-refractivity contribution is 7.89. The monoisotopic (exact) mass is 409 g/mol. The van der Waals surface area contributed by atoms with Crippen molar-refractivity contribution in [3.8, 4) is 11.5 Å². The Labute approximate surface area is 164 Å². The molecule has 9 nitrogen and oxygen atoms in total. The molecule has 2 aromatic rings. The Hall–Kier alpha value is -2.85. The molecule has 0 radical (unpaired) electrons. The molecule has 0 unspecified atom stereocenters. The molecule has 0 heterocycles. The number of nitro benzene ring substituents is 1. The Morgan fingerprint density at radius 3 is 2.07 bits per heavy atom. The molecule has 0 amide bonds. The van der Waals surface area contributed by atoms with E-state index in [9.17, 15) is 18.5 Å². The summed E-state index contributed by atoms with van der Waals surface area (Å²) in [6, 6.07) is 8.74. The third kappa shape index (κ3) is 4.52. The first-order chi connectivity index (χ1) is 13.3. The van der Waals surface area contributed by atoms with E-state index < -0.39 is 14.9 Å². The van der Waals surface area contributed by atoms with Crippen LogP contribution in [-0.2, 0) is 10.0 Å². The van der Waals surface area contributed by atoms with Gasteiger partial charge in [-0.2, -0.15) is 4.31 Å². The zero-order chi connectivity index (χ0) is 20.9. The Balaban J connectivity index is 2.49. The Bertz CT molecular complexity index is 936. The van der Waals surface area contributed by atoms with Gasteiger partial charge < -0.3 is 14.8 Å². The van der Waals surface area contributed by atoms with Gasteiger partial charge in [0.05, 0.1) is 24.0 Å². The largest absolute Gasteiger partial charge is 0.497 e. The normalized spacial score (nSPS) is 11.3. The van der Waals surface area contributed by atoms with Gasteiger partial charge in [-0.25, -0.2) is 8.42 Å². The minimum Gasteiger partial charge on any atom is -0.497 e. The van der Waals surface area contributed by atoms with Crippen molar-refractivity contribution in [3.05, 3.63) is 46.5 Å². The lowest BCUT2D eigenvalue weighted by Crippen LogP contribution is -2.30. The number of hydrogen-bond acceptors (Lipinski definition) is 7. The number of sulfonamides is 1. The molecule has 0 aromatic heterocycles. The quantitative estimate of drug-likeness (QED) is 0.499. The number of nitro groups is 1. The predicted molar refractivity (Wildman–Crippen MR) is 106 cm³/mol. The summed E-state index contributed by atoms with van der Waals surface area (Å²) in [5.74, 6) is 1.01. The first-order valence-corrected chi connectivity index (χ1v) is 9.99. The fourth-order valence-corrected chi connectivity index (χ4v) is 4.15. The molecular formula is C18H23N3O6S. The third-order valence-corrected chi connectivity index (χ3v) is 6.19. The van der Waals surface area contributed by atoms with Crippen LogP contribution in [0.25, 0.3) is 0 Å². The van der Waals surface area contributed by atoms with E-state index in [-0.39, 0.29) is 29.4 Å². The summed E-state index contributed by atoms with van der Waals surface area (Å²) in [5.41, 5.74) is 0.299. The highest BCUT2D eigenvalue weighted by Gasteiger charge is 2.25. The van der Waals surface area contributed by atoms with Crippen molar-refractivity contribution >= 4 is 27.1 Å². The molecule has 0 atom stereocenters. The summed E-state index contributed by atoms with van der Waals surface area (Å²) in [7, 11) is -0.819. The van der Waals surface area contributed by atoms with Crippen LogP contribution in [0, 0.1) is 10.1 Å². The fourth-order valence-electron chi connectivity index (χ4n) is 2.68. The van der Waals surface area contributed by atoms with Gasteiger partial charge in [0.2, 0.25) is 10.0 Å². The molecule has 0 saturated carbocycles. The summed E-state index contributed by atoms with van der Waals surface area (Å²) in [5, 5.41) is 14.5. The van der Waals surface area contributed by atoms with Crippen LogP contribution in [0.1, 0.15) is 13.8 Å². The second-order valence-electron chi connectivity index (χ2n) is 5.75. The van der Waals surface area contributed by atoms with Crippen LogP contribution < -0.4 is 14.8 Å². The topological polar surface area (TPSA) is 111 Å². The predicted octanol–water partition coefficient (Wildman–Crippen LogP) is 3.39. The number of rotatable bonds is 9. The van der Waals surface area contributed by atoms with E-state index in [1.54, 1.807) is 32.0 Å². The van der Waals surface area contributed by atoms with E-state index >= 15 is 0 Å². The van der Waals surface area contributed by atoms with Crippen molar-refractivity contribution in [2.24, 2.45) is 0 Å². The van der Waals surface area contributed by atoms with Crippen LogP contribution in [0.2, 0.25) is 0 Å². The van der Waals surface area contributed by atoms with Gasteiger partial charge in [-0.05, 0) is 12.1 Å². The van der Waals surface area contributed by atoms with Gasteiger partial charge in [-0.15, -0.1) is 0 Å². The molecule has 2 rings (SSSR count). The number of methoxy groups -OCH3 is 2. The molecule has 0 fully saturated rings. The molecule has 152 valence electrons. The lowest BCUT2D eigenvalue weighted by Gasteiger charge is -2.18. The van der Waals surface area contributed by atoms with Gasteiger partial charge in [0.1, 0.15) is 17.2 Å². The van der Waals surface area contributed by atoms with Crippen molar-refractivity contribution in [2.45, 2.75) is 18.7 Å². The number of anilines is 2. The van der Waals surface area contributed by atoms with Crippen LogP contribution in [0.5, 0.6) is 11.5 Å². The summed E-state index contributed by atoms with van der Waals surface area (Å²) in [4.78, 5) is 10.8. The maximum absolute atomic E-state index is 12.7. The zero-order valence-electron chi connectivity index (χ0n) is 16.1. The van der Waals surface area contributed by atoms with Crippen LogP contribution in [0.4, 0.5) is 17.1 Å². The second-order valence-corrected chi connectivity index (χ2v) is 7.69. The summed E-state index contributed by atoms with van der Waals surface area (Å²) in [6.07, 6.45) is 0. The van der Waals surface area contributed by atoms with E-state index in [1.807, 2.05) is 0 Å². The number of benzene rings is 2. The van der Waals surface area contributed by atoms with E-state index in [0.717, 1.165) is 6.07 Å². The Kier molecular flexibility index (Phi) is 6.81. The van der Waals surface area contributed by atoms with Gasteiger partial charge in [0.15, 0.2) is 0 Å². The molecule has 0 aliphatic rings. The van der Waals surface area contributed by atoms with E-state index in [1.165, 1.54) is 30.7 Å². The molecule has 10 heteroatoms. The number of nitrogens with one attached hydrogen (secondary N) is 1. The Morgan fingerprint density at radius 2 is 1.61 bits per heavy atom. The van der Waals surface area contributed by atoms with Crippen molar-refractivity contribution in [1.29, 1.82) is 0 Å². The molecule has 0 saturated heterocycles. The second kappa shape index (κ2) is 8.89. The standard InChI is InChI=1S/C18H23N3O6S/c1-5-20(6-2)28(24,25)16-7-8-17(18(12-16)21(22)23)19-13-9-14(26-3)11-15(10-13)27-4/h7-12,19H,5-6H2,1-4H3. The van der Waals surface area contributed by atoms with E-state index in [2.05, 4.69) is 5.32 Å². The van der Waals surface area contributed by atoms with Gasteiger partial charge in [-0.1, -0.05) is 13.8 Å². The van der Waals surface area contributed by atoms with Crippen LogP contribution in [0.15, 0.2) is 41.3 Å². The minimum atomic E-state index is -3.81. The molecule has 0 spiro atoms. The third-order valence-electron chi connectivity index (χ3n) is 4.14. The molecule has 1 N–H and O–H groups in total. The van der Waals surface area contributed by atoms with Crippen LogP contribution in [-0.4, -0.2) is 45.0 Å². The highest BCUT2D eigenvalue weighted by Crippen LogP contribution is 2.34. The van der Waals surface area contributed by atoms with Gasteiger partial charge in [0, 0.05) is 43.0 Å². The van der Waals surface area contributed by atoms with E-state index in [4.69, 9.17) is 9.47 Å². The molecule has 2 aromatic carbocycles. The average molecular weight is 409 g/mol. The summed E-state index contributed by atoms with van der Waals surface area (Å²) < 4.78 is 36.9. The van der Waals surface area contributed by atoms with Crippen LogP contribution >= 0.6 is 0 Å². The first-order valence-electron chi connectivity index (χ1n) is 8.55.